The predicted octanol–water partition coefficient (Wildman–Crippen LogP) is 4.22. The van der Waals surface area contributed by atoms with Gasteiger partial charge in [-0.05, 0) is 62.6 Å². The van der Waals surface area contributed by atoms with Crippen molar-refractivity contribution < 1.29 is 19.2 Å². The van der Waals surface area contributed by atoms with Crippen LogP contribution >= 0.6 is 0 Å². The molecule has 6 heteroatoms. The predicted molar refractivity (Wildman–Crippen MR) is 94.9 cm³/mol. The first-order valence-corrected chi connectivity index (χ1v) is 9.09. The molecule has 0 radical (unpaired) electrons. The zero-order chi connectivity index (χ0) is 18.4. The summed E-state index contributed by atoms with van der Waals surface area (Å²) in [6, 6.07) is 3.37. The molecule has 0 fully saturated rings. The van der Waals surface area contributed by atoms with Gasteiger partial charge >= 0.3 is 11.7 Å². The average molecular weight is 349 g/mol. The lowest BCUT2D eigenvalue weighted by molar-refractivity contribution is -0.386. The van der Waals surface area contributed by atoms with Crippen LogP contribution in [-0.4, -0.2) is 23.6 Å². The number of nitro benzene ring substituents is 1. The fourth-order valence-corrected chi connectivity index (χ4v) is 3.35. The number of fused-ring (bicyclic) bond motifs is 1. The van der Waals surface area contributed by atoms with Gasteiger partial charge in [-0.2, -0.15) is 0 Å². The third-order valence-corrected chi connectivity index (χ3v) is 4.86. The molecule has 138 valence electrons. The zero-order valence-electron chi connectivity index (χ0n) is 15.2. The minimum absolute atomic E-state index is 0.0810. The van der Waals surface area contributed by atoms with E-state index in [0.717, 1.165) is 43.2 Å². The highest BCUT2D eigenvalue weighted by atomic mass is 16.6. The second-order valence-electron chi connectivity index (χ2n) is 6.56. The molecule has 6 nitrogen and oxygen atoms in total. The summed E-state index contributed by atoms with van der Waals surface area (Å²) in [5.74, 6) is 0.332. The monoisotopic (exact) mass is 349 g/mol. The molecule has 0 amide bonds. The second kappa shape index (κ2) is 8.83. The van der Waals surface area contributed by atoms with Crippen LogP contribution in [-0.2, 0) is 22.4 Å². The van der Waals surface area contributed by atoms with Crippen molar-refractivity contribution in [3.63, 3.8) is 0 Å². The highest BCUT2D eigenvalue weighted by Gasteiger charge is 2.25. The molecule has 0 spiro atoms. The summed E-state index contributed by atoms with van der Waals surface area (Å²) in [6.07, 6.45) is 5.30. The minimum Gasteiger partial charge on any atom is -0.472 e. The van der Waals surface area contributed by atoms with Crippen LogP contribution in [0.1, 0.15) is 57.6 Å². The molecule has 0 aliphatic heterocycles. The van der Waals surface area contributed by atoms with E-state index < -0.39 is 17.0 Å². The lowest BCUT2D eigenvalue weighted by atomic mass is 9.86. The number of nitrogens with zero attached hydrogens (tertiary/aromatic N) is 1. The molecule has 25 heavy (non-hydrogen) atoms. The van der Waals surface area contributed by atoms with Crippen LogP contribution in [0.2, 0.25) is 0 Å². The van der Waals surface area contributed by atoms with Gasteiger partial charge in [-0.25, -0.2) is 4.79 Å². The normalized spacial score (nSPS) is 18.4. The van der Waals surface area contributed by atoms with E-state index in [1.165, 1.54) is 6.42 Å². The molecule has 2 rings (SSSR count). The van der Waals surface area contributed by atoms with E-state index in [4.69, 9.17) is 9.47 Å². The molecule has 0 aromatic heterocycles. The van der Waals surface area contributed by atoms with Gasteiger partial charge in [0.15, 0.2) is 11.9 Å². The number of ether oxygens (including phenoxy) is 2. The molecule has 2 unspecified atom stereocenters. The van der Waals surface area contributed by atoms with Gasteiger partial charge in [-0.1, -0.05) is 19.8 Å². The molecule has 0 N–H and O–H groups in total. The summed E-state index contributed by atoms with van der Waals surface area (Å²) in [7, 11) is 0. The third kappa shape index (κ3) is 4.94. The van der Waals surface area contributed by atoms with Crippen molar-refractivity contribution in [3.8, 4) is 5.75 Å². The molecule has 1 aromatic carbocycles. The van der Waals surface area contributed by atoms with Crippen LogP contribution in [0.15, 0.2) is 12.1 Å². The molecular weight excluding hydrogens is 322 g/mol. The number of carbonyl (C=O) groups excluding carboxylic acids is 1. The lowest BCUT2D eigenvalue weighted by Crippen LogP contribution is -2.26. The quantitative estimate of drug-likeness (QED) is 0.436. The van der Waals surface area contributed by atoms with Crippen LogP contribution < -0.4 is 4.74 Å². The van der Waals surface area contributed by atoms with Crippen molar-refractivity contribution >= 4 is 11.7 Å². The van der Waals surface area contributed by atoms with E-state index >= 15 is 0 Å². The highest BCUT2D eigenvalue weighted by molar-refractivity contribution is 5.75. The molecule has 0 saturated heterocycles. The Labute approximate surface area is 148 Å². The Hall–Kier alpha value is -2.11. The summed E-state index contributed by atoms with van der Waals surface area (Å²) < 4.78 is 10.5. The fraction of sp³-hybridized carbons (Fsp3) is 0.632. The van der Waals surface area contributed by atoms with Gasteiger partial charge in [0.05, 0.1) is 11.5 Å². The van der Waals surface area contributed by atoms with Crippen LogP contribution in [0.25, 0.3) is 0 Å². The Morgan fingerprint density at radius 2 is 2.00 bits per heavy atom. The van der Waals surface area contributed by atoms with Crippen molar-refractivity contribution in [2.24, 2.45) is 5.92 Å². The third-order valence-electron chi connectivity index (χ3n) is 4.86. The van der Waals surface area contributed by atoms with E-state index in [1.807, 2.05) is 0 Å². The Balaban J connectivity index is 2.30. The van der Waals surface area contributed by atoms with Crippen LogP contribution in [0.3, 0.4) is 0 Å². The molecule has 2 atom stereocenters. The molecular formula is C19H27NO5. The average Bonchev–Trinajstić information content (AvgIpc) is 2.56. The maximum Gasteiger partial charge on any atom is 0.347 e. The number of nitro groups is 1. The number of hydrogen-bond acceptors (Lipinski definition) is 5. The van der Waals surface area contributed by atoms with E-state index in [9.17, 15) is 14.9 Å². The van der Waals surface area contributed by atoms with E-state index in [-0.39, 0.29) is 18.0 Å². The number of aryl methyl sites for hydroxylation is 2. The maximum atomic E-state index is 11.8. The summed E-state index contributed by atoms with van der Waals surface area (Å²) in [4.78, 5) is 22.8. The number of rotatable bonds is 6. The number of esters is 1. The van der Waals surface area contributed by atoms with Gasteiger partial charge in [0.25, 0.3) is 0 Å². The highest BCUT2D eigenvalue weighted by Crippen LogP contribution is 2.35. The SMILES string of the molecule is CCOC(=O)C(C)Oc1cc2c(cc1[N+](=O)[O-])CCCC(CC)CC2. The van der Waals surface area contributed by atoms with Crippen LogP contribution in [0.5, 0.6) is 5.75 Å². The Morgan fingerprint density at radius 1 is 1.28 bits per heavy atom. The first-order chi connectivity index (χ1) is 12.0. The summed E-state index contributed by atoms with van der Waals surface area (Å²) in [6.45, 7) is 5.71. The Bertz CT molecular complexity index is 628. The molecule has 1 aliphatic carbocycles. The van der Waals surface area contributed by atoms with Gasteiger partial charge < -0.3 is 9.47 Å². The standard InChI is InChI=1S/C19H27NO5/c1-4-14-7-6-8-15-11-17(20(22)23)18(12-16(15)10-9-14)25-13(3)19(21)24-5-2/h11-14H,4-10H2,1-3H3. The van der Waals surface area contributed by atoms with Gasteiger partial charge in [-0.15, -0.1) is 0 Å². The molecule has 0 bridgehead atoms. The zero-order valence-corrected chi connectivity index (χ0v) is 15.2. The van der Waals surface area contributed by atoms with Gasteiger partial charge in [-0.3, -0.25) is 10.1 Å². The molecule has 0 heterocycles. The van der Waals surface area contributed by atoms with Crippen molar-refractivity contribution in [3.05, 3.63) is 33.4 Å². The number of carbonyl (C=O) groups is 1. The Kier molecular flexibility index (Phi) is 6.79. The summed E-state index contributed by atoms with van der Waals surface area (Å²) >= 11 is 0. The largest absolute Gasteiger partial charge is 0.472 e. The van der Waals surface area contributed by atoms with Gasteiger partial charge in [0, 0.05) is 6.07 Å². The van der Waals surface area contributed by atoms with Crippen molar-refractivity contribution in [1.29, 1.82) is 0 Å². The van der Waals surface area contributed by atoms with E-state index in [2.05, 4.69) is 6.92 Å². The number of hydrogen-bond donors (Lipinski definition) is 0. The van der Waals surface area contributed by atoms with Crippen molar-refractivity contribution in [2.75, 3.05) is 6.61 Å². The van der Waals surface area contributed by atoms with Crippen molar-refractivity contribution in [2.45, 2.75) is 65.4 Å². The first kappa shape index (κ1) is 19.2. The smallest absolute Gasteiger partial charge is 0.347 e. The maximum absolute atomic E-state index is 11.8. The summed E-state index contributed by atoms with van der Waals surface area (Å²) in [5.41, 5.74) is 2.04. The molecule has 0 saturated carbocycles. The Morgan fingerprint density at radius 3 is 2.64 bits per heavy atom. The van der Waals surface area contributed by atoms with Gasteiger partial charge in [0.2, 0.25) is 0 Å². The minimum atomic E-state index is -0.881. The van der Waals surface area contributed by atoms with Crippen molar-refractivity contribution in [1.82, 2.24) is 0 Å². The topological polar surface area (TPSA) is 78.7 Å². The molecule has 1 aliphatic rings. The lowest BCUT2D eigenvalue weighted by Gasteiger charge is -2.21. The summed E-state index contributed by atoms with van der Waals surface area (Å²) in [5, 5.41) is 11.4. The fourth-order valence-electron chi connectivity index (χ4n) is 3.35. The molecule has 1 aromatic rings. The van der Waals surface area contributed by atoms with Gasteiger partial charge in [0.1, 0.15) is 0 Å². The second-order valence-corrected chi connectivity index (χ2v) is 6.56. The van der Waals surface area contributed by atoms with E-state index in [1.54, 1.807) is 26.0 Å². The number of benzene rings is 1. The van der Waals surface area contributed by atoms with Crippen LogP contribution in [0, 0.1) is 16.0 Å². The van der Waals surface area contributed by atoms with Crippen LogP contribution in [0.4, 0.5) is 5.69 Å². The first-order valence-electron chi connectivity index (χ1n) is 9.09. The van der Waals surface area contributed by atoms with E-state index in [0.29, 0.717) is 5.92 Å².